The van der Waals surface area contributed by atoms with Gasteiger partial charge in [-0.15, -0.1) is 0 Å². The van der Waals surface area contributed by atoms with Crippen LogP contribution in [0, 0.1) is 5.92 Å². The lowest BCUT2D eigenvalue weighted by molar-refractivity contribution is 0.0747. The predicted octanol–water partition coefficient (Wildman–Crippen LogP) is 3.64. The lowest BCUT2D eigenvalue weighted by atomic mass is 9.84. The quantitative estimate of drug-likeness (QED) is 0.495. The number of hydrogen-bond donors (Lipinski definition) is 1. The van der Waals surface area contributed by atoms with Crippen LogP contribution in [0.3, 0.4) is 0 Å². The molecule has 0 saturated carbocycles. The number of rotatable bonds is 1. The maximum absolute atomic E-state index is 12.6. The van der Waals surface area contributed by atoms with Gasteiger partial charge in [0.2, 0.25) is 0 Å². The summed E-state index contributed by atoms with van der Waals surface area (Å²) in [6.45, 7) is 0. The topological polar surface area (TPSA) is 52.9 Å². The first-order chi connectivity index (χ1) is 11.7. The minimum Gasteiger partial charge on any atom is -0.411 e. The van der Waals surface area contributed by atoms with Crippen LogP contribution in [0.1, 0.15) is 45.9 Å². The van der Waals surface area contributed by atoms with Crippen molar-refractivity contribution >= 4 is 11.6 Å². The fourth-order valence-electron chi connectivity index (χ4n) is 4.23. The van der Waals surface area contributed by atoms with Crippen LogP contribution in [0.15, 0.2) is 53.7 Å². The highest BCUT2D eigenvalue weighted by atomic mass is 16.4. The van der Waals surface area contributed by atoms with Gasteiger partial charge >= 0.3 is 0 Å². The summed E-state index contributed by atoms with van der Waals surface area (Å²) >= 11 is 0. The van der Waals surface area contributed by atoms with Gasteiger partial charge in [-0.3, -0.25) is 4.79 Å². The first-order valence-electron chi connectivity index (χ1n) is 8.38. The van der Waals surface area contributed by atoms with Gasteiger partial charge in [-0.1, -0.05) is 47.6 Å². The molecule has 2 aromatic rings. The molecule has 2 aromatic carbocycles. The zero-order valence-electron chi connectivity index (χ0n) is 13.6. The molecular weight excluding hydrogens is 300 g/mol. The number of nitrogens with zero attached hydrogens (tertiary/aromatic N) is 2. The molecule has 1 aliphatic heterocycles. The van der Waals surface area contributed by atoms with E-state index in [4.69, 9.17) is 0 Å². The summed E-state index contributed by atoms with van der Waals surface area (Å²) in [5.41, 5.74) is 4.72. The van der Waals surface area contributed by atoms with E-state index in [0.29, 0.717) is 5.71 Å². The Morgan fingerprint density at radius 1 is 1.08 bits per heavy atom. The number of amides is 1. The molecule has 4 nitrogen and oxygen atoms in total. The monoisotopic (exact) mass is 320 g/mol. The van der Waals surface area contributed by atoms with Crippen molar-refractivity contribution in [2.75, 3.05) is 7.05 Å². The summed E-state index contributed by atoms with van der Waals surface area (Å²) in [6.07, 6.45) is 2.88. The number of hydrogen-bond acceptors (Lipinski definition) is 3. The molecule has 2 aliphatic rings. The van der Waals surface area contributed by atoms with Gasteiger partial charge < -0.3 is 10.1 Å². The second-order valence-electron chi connectivity index (χ2n) is 6.59. The highest BCUT2D eigenvalue weighted by Gasteiger charge is 2.42. The molecule has 4 heteroatoms. The molecule has 0 fully saturated rings. The van der Waals surface area contributed by atoms with Gasteiger partial charge in [0.25, 0.3) is 5.91 Å². The molecule has 0 spiro atoms. The van der Waals surface area contributed by atoms with Crippen LogP contribution in [-0.4, -0.2) is 28.8 Å². The lowest BCUT2D eigenvalue weighted by Crippen LogP contribution is -2.33. The Labute approximate surface area is 141 Å². The van der Waals surface area contributed by atoms with E-state index < -0.39 is 0 Å². The molecule has 2 atom stereocenters. The summed E-state index contributed by atoms with van der Waals surface area (Å²) in [7, 11) is 1.85. The first-order valence-corrected chi connectivity index (χ1v) is 8.38. The summed E-state index contributed by atoms with van der Waals surface area (Å²) in [5.74, 6) is 0.0432. The van der Waals surface area contributed by atoms with Crippen molar-refractivity contribution in [2.45, 2.75) is 25.3 Å². The zero-order chi connectivity index (χ0) is 16.7. The van der Waals surface area contributed by atoms with Crippen molar-refractivity contribution in [3.05, 3.63) is 70.8 Å². The minimum atomic E-state index is -0.0780. The van der Waals surface area contributed by atoms with Gasteiger partial charge in [-0.2, -0.15) is 0 Å². The van der Waals surface area contributed by atoms with E-state index in [1.165, 1.54) is 5.56 Å². The maximum atomic E-state index is 12.6. The Balaban J connectivity index is 1.83. The maximum Gasteiger partial charge on any atom is 0.254 e. The van der Waals surface area contributed by atoms with E-state index in [1.54, 1.807) is 4.90 Å². The molecule has 1 N–H and O–H groups in total. The van der Waals surface area contributed by atoms with Gasteiger partial charge in [-0.25, -0.2) is 0 Å². The normalized spacial score (nSPS) is 24.6. The van der Waals surface area contributed by atoms with E-state index in [2.05, 4.69) is 11.2 Å². The van der Waals surface area contributed by atoms with Crippen molar-refractivity contribution in [3.63, 3.8) is 0 Å². The predicted molar refractivity (Wildman–Crippen MR) is 92.5 cm³/mol. The van der Waals surface area contributed by atoms with E-state index in [-0.39, 0.29) is 17.9 Å². The van der Waals surface area contributed by atoms with Crippen molar-refractivity contribution in [1.82, 2.24) is 4.90 Å². The largest absolute Gasteiger partial charge is 0.411 e. The Morgan fingerprint density at radius 2 is 1.79 bits per heavy atom. The van der Waals surface area contributed by atoms with E-state index in [1.807, 2.05) is 49.5 Å². The molecule has 0 aromatic heterocycles. The van der Waals surface area contributed by atoms with E-state index in [9.17, 15) is 10.0 Å². The lowest BCUT2D eigenvalue weighted by Gasteiger charge is -2.29. The van der Waals surface area contributed by atoms with Crippen molar-refractivity contribution in [3.8, 4) is 0 Å². The van der Waals surface area contributed by atoms with Gasteiger partial charge in [0.15, 0.2) is 0 Å². The number of benzene rings is 2. The second-order valence-corrected chi connectivity index (χ2v) is 6.59. The Hall–Kier alpha value is -2.62. The van der Waals surface area contributed by atoms with Crippen LogP contribution in [0.5, 0.6) is 0 Å². The first kappa shape index (κ1) is 14.9. The van der Waals surface area contributed by atoms with Crippen molar-refractivity contribution < 1.29 is 10.0 Å². The Bertz CT molecular complexity index is 828. The Kier molecular flexibility index (Phi) is 3.60. The van der Waals surface area contributed by atoms with Gasteiger partial charge in [0, 0.05) is 24.1 Å². The van der Waals surface area contributed by atoms with Crippen molar-refractivity contribution in [2.24, 2.45) is 11.1 Å². The molecule has 1 heterocycles. The van der Waals surface area contributed by atoms with Crippen LogP contribution in [0.4, 0.5) is 0 Å². The molecule has 2 unspecified atom stereocenters. The van der Waals surface area contributed by atoms with Crippen LogP contribution in [0.25, 0.3) is 0 Å². The molecule has 122 valence electrons. The molecule has 0 bridgehead atoms. The molecule has 24 heavy (non-hydrogen) atoms. The fourth-order valence-corrected chi connectivity index (χ4v) is 4.23. The van der Waals surface area contributed by atoms with Gasteiger partial charge in [0.05, 0.1) is 11.8 Å². The second kappa shape index (κ2) is 5.78. The van der Waals surface area contributed by atoms with Crippen LogP contribution in [-0.2, 0) is 6.42 Å². The van der Waals surface area contributed by atoms with Crippen molar-refractivity contribution in [1.29, 1.82) is 0 Å². The molecular formula is C20H20N2O2. The summed E-state index contributed by atoms with van der Waals surface area (Å²) in [6, 6.07) is 15.8. The molecule has 1 amide bonds. The van der Waals surface area contributed by atoms with Crippen LogP contribution >= 0.6 is 0 Å². The standard InChI is InChI=1S/C20H20N2O2/c1-22-19(15-10-4-5-11-16(15)20(22)23)17-12-6-8-13-7-2-3-9-14(13)18(17)21-24/h2-5,7,9-11,17,19,24H,6,8,12H2,1H3. The molecule has 4 rings (SSSR count). The summed E-state index contributed by atoms with van der Waals surface area (Å²) < 4.78 is 0. The highest BCUT2D eigenvalue weighted by Crippen LogP contribution is 2.42. The average Bonchev–Trinajstić information content (AvgIpc) is 2.77. The zero-order valence-corrected chi connectivity index (χ0v) is 13.6. The number of aryl methyl sites for hydroxylation is 1. The number of carbonyl (C=O) groups is 1. The summed E-state index contributed by atoms with van der Waals surface area (Å²) in [4.78, 5) is 14.4. The Morgan fingerprint density at radius 3 is 2.58 bits per heavy atom. The number of oxime groups is 1. The van der Waals surface area contributed by atoms with Crippen LogP contribution < -0.4 is 0 Å². The third-order valence-electron chi connectivity index (χ3n) is 5.34. The number of carbonyl (C=O) groups excluding carboxylic acids is 1. The third kappa shape index (κ3) is 2.13. The fraction of sp³-hybridized carbons (Fsp3) is 0.300. The van der Waals surface area contributed by atoms with Crippen LogP contribution in [0.2, 0.25) is 0 Å². The smallest absolute Gasteiger partial charge is 0.254 e. The molecule has 1 aliphatic carbocycles. The molecule has 0 saturated heterocycles. The van der Waals surface area contributed by atoms with E-state index >= 15 is 0 Å². The SMILES string of the molecule is CN1C(=O)c2ccccc2C1C1CCCc2ccccc2C1=NO. The van der Waals surface area contributed by atoms with Gasteiger partial charge in [-0.05, 0) is 36.5 Å². The molecule has 0 radical (unpaired) electrons. The van der Waals surface area contributed by atoms with Gasteiger partial charge in [0.1, 0.15) is 0 Å². The highest BCUT2D eigenvalue weighted by molar-refractivity contribution is 6.06. The minimum absolute atomic E-state index is 0.00347. The average molecular weight is 320 g/mol. The summed E-state index contributed by atoms with van der Waals surface area (Å²) in [5, 5.41) is 13.5. The third-order valence-corrected chi connectivity index (χ3v) is 5.34. The van der Waals surface area contributed by atoms with E-state index in [0.717, 1.165) is 36.0 Å². The number of fused-ring (bicyclic) bond motifs is 2.